The van der Waals surface area contributed by atoms with E-state index in [0.29, 0.717) is 17.8 Å². The van der Waals surface area contributed by atoms with Gasteiger partial charge in [-0.3, -0.25) is 29.0 Å². The van der Waals surface area contributed by atoms with Crippen molar-refractivity contribution in [3.05, 3.63) is 65.0 Å². The molecule has 3 amide bonds. The summed E-state index contributed by atoms with van der Waals surface area (Å²) >= 11 is 0. The summed E-state index contributed by atoms with van der Waals surface area (Å²) < 4.78 is 16.6. The predicted molar refractivity (Wildman–Crippen MR) is 123 cm³/mol. The second kappa shape index (κ2) is 8.53. The number of halogens is 1. The lowest BCUT2D eigenvalue weighted by molar-refractivity contribution is -0.136. The van der Waals surface area contributed by atoms with Gasteiger partial charge >= 0.3 is 0 Å². The van der Waals surface area contributed by atoms with Crippen LogP contribution >= 0.6 is 0 Å². The van der Waals surface area contributed by atoms with Crippen LogP contribution < -0.4 is 5.32 Å². The highest BCUT2D eigenvalue weighted by molar-refractivity contribution is 6.05. The molecule has 2 aromatic heterocycles. The van der Waals surface area contributed by atoms with Crippen LogP contribution in [0.15, 0.2) is 36.8 Å². The van der Waals surface area contributed by atoms with E-state index in [9.17, 15) is 18.8 Å². The first-order chi connectivity index (χ1) is 17.0. The highest BCUT2D eigenvalue weighted by atomic mass is 19.1. The summed E-state index contributed by atoms with van der Waals surface area (Å²) in [5.74, 6) is -0.742. The number of rotatable bonds is 4. The van der Waals surface area contributed by atoms with Crippen molar-refractivity contribution in [3.63, 3.8) is 0 Å². The lowest BCUT2D eigenvalue weighted by Crippen LogP contribution is -2.52. The summed E-state index contributed by atoms with van der Waals surface area (Å²) in [6.45, 7) is 2.70. The Morgan fingerprint density at radius 3 is 2.71 bits per heavy atom. The maximum absolute atomic E-state index is 14.6. The molecule has 1 atom stereocenters. The van der Waals surface area contributed by atoms with Crippen molar-refractivity contribution >= 4 is 23.5 Å². The zero-order valence-corrected chi connectivity index (χ0v) is 19.1. The maximum Gasteiger partial charge on any atom is 0.255 e. The zero-order chi connectivity index (χ0) is 24.1. The molecule has 0 aliphatic carbocycles. The number of carbonyl (C=O) groups is 3. The molecular weight excluding hydrogens is 451 g/mol. The summed E-state index contributed by atoms with van der Waals surface area (Å²) in [7, 11) is 0. The normalized spacial score (nSPS) is 21.6. The molecule has 35 heavy (non-hydrogen) atoms. The van der Waals surface area contributed by atoms with Crippen molar-refractivity contribution in [1.82, 2.24) is 29.5 Å². The Morgan fingerprint density at radius 2 is 1.91 bits per heavy atom. The molecule has 5 heterocycles. The van der Waals surface area contributed by atoms with Gasteiger partial charge in [0.05, 0.1) is 11.9 Å². The van der Waals surface area contributed by atoms with Crippen LogP contribution in [-0.4, -0.2) is 61.0 Å². The van der Waals surface area contributed by atoms with E-state index in [1.807, 2.05) is 22.9 Å². The Hall–Kier alpha value is -3.66. The van der Waals surface area contributed by atoms with Gasteiger partial charge < -0.3 is 4.90 Å². The van der Waals surface area contributed by atoms with Gasteiger partial charge in [-0.2, -0.15) is 0 Å². The van der Waals surface area contributed by atoms with Crippen molar-refractivity contribution in [2.24, 2.45) is 0 Å². The van der Waals surface area contributed by atoms with Gasteiger partial charge in [-0.05, 0) is 67.6 Å². The molecule has 0 radical (unpaired) electrons. The van der Waals surface area contributed by atoms with E-state index in [2.05, 4.69) is 20.2 Å². The van der Waals surface area contributed by atoms with Gasteiger partial charge in [-0.1, -0.05) is 0 Å². The zero-order valence-electron chi connectivity index (χ0n) is 19.1. The molecule has 9 nitrogen and oxygen atoms in total. The summed E-state index contributed by atoms with van der Waals surface area (Å²) in [6.07, 6.45) is 7.70. The van der Waals surface area contributed by atoms with Gasteiger partial charge in [0.1, 0.15) is 11.9 Å². The van der Waals surface area contributed by atoms with E-state index in [4.69, 9.17) is 0 Å². The van der Waals surface area contributed by atoms with Crippen LogP contribution in [0.25, 0.3) is 5.78 Å². The van der Waals surface area contributed by atoms with E-state index < -0.39 is 17.8 Å². The first kappa shape index (κ1) is 21.8. The molecule has 0 bridgehead atoms. The number of likely N-dealkylation sites (tertiary alicyclic amines) is 1. The number of imidazole rings is 1. The standard InChI is InChI=1S/C25H25FN6O3/c26-16-10-18(20-14-32(24(35)19(20)11-16)21-2-3-22(33)29-23(21)34)15-4-8-30(9-5-15)13-17-12-28-25-27-6-1-7-31(17)25/h1,6-7,10-12,15,21H,2-5,8-9,13-14H2,(H,29,33,34). The van der Waals surface area contributed by atoms with Crippen LogP contribution in [0.1, 0.15) is 58.8 Å². The molecule has 10 heteroatoms. The number of nitrogens with zero attached hydrogens (tertiary/aromatic N) is 5. The van der Waals surface area contributed by atoms with Crippen LogP contribution in [-0.2, 0) is 22.7 Å². The van der Waals surface area contributed by atoms with Crippen molar-refractivity contribution in [2.75, 3.05) is 13.1 Å². The lowest BCUT2D eigenvalue weighted by Gasteiger charge is -2.33. The quantitative estimate of drug-likeness (QED) is 0.579. The molecule has 1 aromatic carbocycles. The van der Waals surface area contributed by atoms with Gasteiger partial charge in [0.25, 0.3) is 5.91 Å². The highest BCUT2D eigenvalue weighted by Gasteiger charge is 2.41. The Labute approximate surface area is 200 Å². The lowest BCUT2D eigenvalue weighted by atomic mass is 9.85. The highest BCUT2D eigenvalue weighted by Crippen LogP contribution is 2.38. The van der Waals surface area contributed by atoms with Gasteiger partial charge in [0, 0.05) is 37.5 Å². The van der Waals surface area contributed by atoms with E-state index in [0.717, 1.165) is 49.3 Å². The third kappa shape index (κ3) is 3.87. The van der Waals surface area contributed by atoms with Gasteiger partial charge in [-0.25, -0.2) is 14.4 Å². The molecule has 0 saturated carbocycles. The molecule has 180 valence electrons. The topological polar surface area (TPSA) is 99.9 Å². The van der Waals surface area contributed by atoms with Crippen LogP contribution in [0.2, 0.25) is 0 Å². The van der Waals surface area contributed by atoms with Crippen LogP contribution in [0, 0.1) is 5.82 Å². The first-order valence-corrected chi connectivity index (χ1v) is 11.9. The minimum absolute atomic E-state index is 0.133. The van der Waals surface area contributed by atoms with Crippen molar-refractivity contribution in [3.8, 4) is 0 Å². The number of amides is 3. The van der Waals surface area contributed by atoms with Crippen LogP contribution in [0.3, 0.4) is 0 Å². The SMILES string of the molecule is O=C1CCC(N2Cc3c(cc(F)cc3C3CCN(Cc4cnc5ncccn45)CC3)C2=O)C(=O)N1. The Bertz CT molecular complexity index is 1350. The fourth-order valence-electron chi connectivity index (χ4n) is 5.64. The molecule has 3 aliphatic heterocycles. The number of aromatic nitrogens is 3. The first-order valence-electron chi connectivity index (χ1n) is 11.9. The van der Waals surface area contributed by atoms with Crippen molar-refractivity contribution < 1.29 is 18.8 Å². The van der Waals surface area contributed by atoms with Gasteiger partial charge in [0.15, 0.2) is 0 Å². The molecule has 3 aliphatic rings. The summed E-state index contributed by atoms with van der Waals surface area (Å²) in [5.41, 5.74) is 3.09. The summed E-state index contributed by atoms with van der Waals surface area (Å²) in [6, 6.07) is 4.01. The molecule has 1 unspecified atom stereocenters. The number of hydrogen-bond acceptors (Lipinski definition) is 6. The fraction of sp³-hybridized carbons (Fsp3) is 0.400. The molecule has 3 aromatic rings. The van der Waals surface area contributed by atoms with Crippen molar-refractivity contribution in [2.45, 2.75) is 50.7 Å². The molecule has 1 N–H and O–H groups in total. The number of nitrogens with one attached hydrogen (secondary N) is 1. The number of hydrogen-bond donors (Lipinski definition) is 1. The summed E-state index contributed by atoms with van der Waals surface area (Å²) in [5, 5.41) is 2.32. The number of piperidine rings is 2. The van der Waals surface area contributed by atoms with Crippen LogP contribution in [0.4, 0.5) is 4.39 Å². The minimum Gasteiger partial charge on any atom is -0.322 e. The van der Waals surface area contributed by atoms with E-state index >= 15 is 0 Å². The van der Waals surface area contributed by atoms with Gasteiger partial charge in [0.2, 0.25) is 17.6 Å². The molecular formula is C25H25FN6O3. The van der Waals surface area contributed by atoms with E-state index in [-0.39, 0.29) is 30.7 Å². The fourth-order valence-corrected chi connectivity index (χ4v) is 5.64. The maximum atomic E-state index is 14.6. The van der Waals surface area contributed by atoms with Crippen LogP contribution in [0.5, 0.6) is 0 Å². The average molecular weight is 477 g/mol. The number of fused-ring (bicyclic) bond motifs is 2. The Balaban J connectivity index is 1.18. The second-order valence-corrected chi connectivity index (χ2v) is 9.51. The largest absolute Gasteiger partial charge is 0.322 e. The summed E-state index contributed by atoms with van der Waals surface area (Å²) in [4.78, 5) is 49.5. The number of carbonyl (C=O) groups excluding carboxylic acids is 3. The van der Waals surface area contributed by atoms with Gasteiger partial charge in [-0.15, -0.1) is 0 Å². The molecule has 2 fully saturated rings. The Kier molecular flexibility index (Phi) is 5.32. The monoisotopic (exact) mass is 476 g/mol. The number of imide groups is 1. The Morgan fingerprint density at radius 1 is 1.09 bits per heavy atom. The third-order valence-electron chi connectivity index (χ3n) is 7.43. The average Bonchev–Trinajstić information content (AvgIpc) is 3.40. The third-order valence-corrected chi connectivity index (χ3v) is 7.43. The molecule has 6 rings (SSSR count). The number of benzene rings is 1. The minimum atomic E-state index is -0.703. The van der Waals surface area contributed by atoms with Crippen molar-refractivity contribution in [1.29, 1.82) is 0 Å². The van der Waals surface area contributed by atoms with E-state index in [1.54, 1.807) is 12.3 Å². The smallest absolute Gasteiger partial charge is 0.255 e. The van der Waals surface area contributed by atoms with E-state index in [1.165, 1.54) is 11.0 Å². The molecule has 0 spiro atoms. The molecule has 2 saturated heterocycles. The predicted octanol–water partition coefficient (Wildman–Crippen LogP) is 2.01. The second-order valence-electron chi connectivity index (χ2n) is 9.51.